The first-order valence-corrected chi connectivity index (χ1v) is 6.36. The maximum absolute atomic E-state index is 12.1. The number of nitrogens with one attached hydrogen (secondary N) is 1. The zero-order chi connectivity index (χ0) is 16.3. The summed E-state index contributed by atoms with van der Waals surface area (Å²) >= 11 is 0. The normalized spacial score (nSPS) is 10.0. The minimum Gasteiger partial charge on any atom is -0.478 e. The van der Waals surface area contributed by atoms with Crippen LogP contribution in [0.5, 0.6) is 0 Å². The third-order valence-electron chi connectivity index (χ3n) is 2.97. The first kappa shape index (κ1) is 15.2. The Kier molecular flexibility index (Phi) is 4.22. The third-order valence-corrected chi connectivity index (χ3v) is 2.97. The summed E-state index contributed by atoms with van der Waals surface area (Å²) in [6.07, 6.45) is 0. The number of hydrogen-bond acceptors (Lipinski definition) is 3. The first-order chi connectivity index (χ1) is 10.4. The smallest absolute Gasteiger partial charge is 0.335 e. The highest BCUT2D eigenvalue weighted by Gasteiger charge is 2.13. The van der Waals surface area contributed by atoms with Crippen LogP contribution in [0.15, 0.2) is 42.5 Å². The van der Waals surface area contributed by atoms with Gasteiger partial charge in [-0.05, 0) is 37.3 Å². The van der Waals surface area contributed by atoms with Crippen molar-refractivity contribution in [2.75, 3.05) is 5.32 Å². The molecule has 0 unspecified atom stereocenters. The van der Waals surface area contributed by atoms with Gasteiger partial charge in [-0.3, -0.25) is 4.79 Å². The number of carbonyl (C=O) groups is 3. The van der Waals surface area contributed by atoms with E-state index in [1.807, 2.05) is 13.0 Å². The molecule has 0 heterocycles. The Morgan fingerprint density at radius 2 is 1.45 bits per heavy atom. The Hall–Kier alpha value is -3.15. The molecule has 2 rings (SSSR count). The Labute approximate surface area is 126 Å². The molecule has 0 aliphatic heterocycles. The summed E-state index contributed by atoms with van der Waals surface area (Å²) < 4.78 is 0. The maximum Gasteiger partial charge on any atom is 0.335 e. The summed E-state index contributed by atoms with van der Waals surface area (Å²) in [7, 11) is 0. The number of aromatic carboxylic acids is 2. The second-order valence-electron chi connectivity index (χ2n) is 4.73. The third kappa shape index (κ3) is 3.49. The van der Waals surface area contributed by atoms with Crippen LogP contribution < -0.4 is 5.32 Å². The van der Waals surface area contributed by atoms with Crippen molar-refractivity contribution in [3.63, 3.8) is 0 Å². The van der Waals surface area contributed by atoms with Gasteiger partial charge in [-0.15, -0.1) is 0 Å². The molecular formula is C16H13NO5. The average Bonchev–Trinajstić information content (AvgIpc) is 2.46. The van der Waals surface area contributed by atoms with E-state index in [0.717, 1.165) is 11.6 Å². The lowest BCUT2D eigenvalue weighted by atomic mass is 10.1. The van der Waals surface area contributed by atoms with E-state index in [1.165, 1.54) is 12.1 Å². The Balaban J connectivity index is 2.34. The number of aryl methyl sites for hydroxylation is 1. The quantitative estimate of drug-likeness (QED) is 0.805. The van der Waals surface area contributed by atoms with E-state index in [0.29, 0.717) is 5.56 Å². The molecule has 3 N–H and O–H groups in total. The van der Waals surface area contributed by atoms with E-state index in [2.05, 4.69) is 5.32 Å². The standard InChI is InChI=1S/C16H13NO5/c1-9-3-2-4-10(5-9)14(18)17-13-7-11(15(19)20)6-12(8-13)16(21)22/h2-8H,1H3,(H,17,18)(H,19,20)(H,21,22). The zero-order valence-corrected chi connectivity index (χ0v) is 11.7. The summed E-state index contributed by atoms with van der Waals surface area (Å²) in [5.74, 6) is -2.98. The van der Waals surface area contributed by atoms with Gasteiger partial charge in [-0.2, -0.15) is 0 Å². The van der Waals surface area contributed by atoms with Gasteiger partial charge in [0.2, 0.25) is 0 Å². The fourth-order valence-electron chi connectivity index (χ4n) is 1.94. The van der Waals surface area contributed by atoms with Gasteiger partial charge in [0.1, 0.15) is 0 Å². The number of carboxylic acid groups (broad SMARTS) is 2. The molecule has 0 aliphatic rings. The molecule has 22 heavy (non-hydrogen) atoms. The number of amides is 1. The molecule has 2 aromatic rings. The first-order valence-electron chi connectivity index (χ1n) is 6.36. The Morgan fingerprint density at radius 1 is 0.864 bits per heavy atom. The molecule has 0 radical (unpaired) electrons. The predicted molar refractivity (Wildman–Crippen MR) is 79.5 cm³/mol. The summed E-state index contributed by atoms with van der Waals surface area (Å²) in [6.45, 7) is 1.84. The lowest BCUT2D eigenvalue weighted by Crippen LogP contribution is -2.13. The van der Waals surface area contributed by atoms with E-state index in [-0.39, 0.29) is 16.8 Å². The monoisotopic (exact) mass is 299 g/mol. The van der Waals surface area contributed by atoms with E-state index >= 15 is 0 Å². The summed E-state index contributed by atoms with van der Waals surface area (Å²) in [5.41, 5.74) is 0.999. The molecule has 6 heteroatoms. The highest BCUT2D eigenvalue weighted by molar-refractivity contribution is 6.05. The van der Waals surface area contributed by atoms with E-state index < -0.39 is 17.8 Å². The summed E-state index contributed by atoms with van der Waals surface area (Å²) in [4.78, 5) is 34.2. The minimum atomic E-state index is -1.27. The number of hydrogen-bond donors (Lipinski definition) is 3. The molecule has 0 aliphatic carbocycles. The van der Waals surface area contributed by atoms with Crippen LogP contribution in [-0.2, 0) is 0 Å². The van der Waals surface area contributed by atoms with E-state index in [4.69, 9.17) is 10.2 Å². The van der Waals surface area contributed by atoms with Gasteiger partial charge in [-0.25, -0.2) is 9.59 Å². The predicted octanol–water partition coefficient (Wildman–Crippen LogP) is 2.64. The molecule has 6 nitrogen and oxygen atoms in total. The van der Waals surface area contributed by atoms with Crippen molar-refractivity contribution in [2.24, 2.45) is 0 Å². The van der Waals surface area contributed by atoms with Gasteiger partial charge < -0.3 is 15.5 Å². The Morgan fingerprint density at radius 3 is 1.95 bits per heavy atom. The number of carboxylic acids is 2. The van der Waals surface area contributed by atoms with Gasteiger partial charge in [0, 0.05) is 11.3 Å². The van der Waals surface area contributed by atoms with Crippen molar-refractivity contribution in [2.45, 2.75) is 6.92 Å². The highest BCUT2D eigenvalue weighted by Crippen LogP contribution is 2.17. The van der Waals surface area contributed by atoms with Gasteiger partial charge in [0.15, 0.2) is 0 Å². The van der Waals surface area contributed by atoms with E-state index in [1.54, 1.807) is 18.2 Å². The van der Waals surface area contributed by atoms with Crippen molar-refractivity contribution >= 4 is 23.5 Å². The molecule has 112 valence electrons. The van der Waals surface area contributed by atoms with Crippen LogP contribution in [0.3, 0.4) is 0 Å². The zero-order valence-electron chi connectivity index (χ0n) is 11.7. The van der Waals surface area contributed by atoms with Crippen molar-refractivity contribution in [3.8, 4) is 0 Å². The van der Waals surface area contributed by atoms with Crippen molar-refractivity contribution in [1.82, 2.24) is 0 Å². The summed E-state index contributed by atoms with van der Waals surface area (Å²) in [5, 5.41) is 20.5. The fraction of sp³-hybridized carbons (Fsp3) is 0.0625. The average molecular weight is 299 g/mol. The number of anilines is 1. The van der Waals surface area contributed by atoms with E-state index in [9.17, 15) is 14.4 Å². The fourth-order valence-corrected chi connectivity index (χ4v) is 1.94. The molecule has 0 aromatic heterocycles. The van der Waals surface area contributed by atoms with Crippen LogP contribution in [0.1, 0.15) is 36.6 Å². The van der Waals surface area contributed by atoms with Gasteiger partial charge in [0.25, 0.3) is 5.91 Å². The number of carbonyl (C=O) groups excluding carboxylic acids is 1. The minimum absolute atomic E-state index is 0.115. The van der Waals surface area contributed by atoms with Crippen LogP contribution in [-0.4, -0.2) is 28.1 Å². The molecule has 0 saturated carbocycles. The Bertz CT molecular complexity index is 735. The van der Waals surface area contributed by atoms with Crippen LogP contribution in [0.2, 0.25) is 0 Å². The van der Waals surface area contributed by atoms with Crippen LogP contribution in [0.25, 0.3) is 0 Å². The second-order valence-corrected chi connectivity index (χ2v) is 4.73. The molecule has 0 bridgehead atoms. The maximum atomic E-state index is 12.1. The van der Waals surface area contributed by atoms with Gasteiger partial charge >= 0.3 is 11.9 Å². The molecule has 1 amide bonds. The van der Waals surface area contributed by atoms with Crippen LogP contribution >= 0.6 is 0 Å². The van der Waals surface area contributed by atoms with Crippen LogP contribution in [0.4, 0.5) is 5.69 Å². The molecular weight excluding hydrogens is 286 g/mol. The molecule has 0 atom stereocenters. The van der Waals surface area contributed by atoms with Gasteiger partial charge in [0.05, 0.1) is 11.1 Å². The topological polar surface area (TPSA) is 104 Å². The SMILES string of the molecule is Cc1cccc(C(=O)Nc2cc(C(=O)O)cc(C(=O)O)c2)c1. The van der Waals surface area contributed by atoms with Gasteiger partial charge in [-0.1, -0.05) is 17.7 Å². The second kappa shape index (κ2) is 6.09. The number of benzene rings is 2. The van der Waals surface area contributed by atoms with Crippen LogP contribution in [0, 0.1) is 6.92 Å². The molecule has 0 fully saturated rings. The van der Waals surface area contributed by atoms with Crippen molar-refractivity contribution in [1.29, 1.82) is 0 Å². The van der Waals surface area contributed by atoms with Crippen molar-refractivity contribution < 1.29 is 24.6 Å². The number of rotatable bonds is 4. The highest BCUT2D eigenvalue weighted by atomic mass is 16.4. The lowest BCUT2D eigenvalue weighted by Gasteiger charge is -2.08. The lowest BCUT2D eigenvalue weighted by molar-refractivity contribution is 0.0696. The summed E-state index contributed by atoms with van der Waals surface area (Å²) in [6, 6.07) is 10.3. The largest absolute Gasteiger partial charge is 0.478 e. The molecule has 0 saturated heterocycles. The molecule has 0 spiro atoms. The van der Waals surface area contributed by atoms with Crippen molar-refractivity contribution in [3.05, 3.63) is 64.7 Å². The molecule has 2 aromatic carbocycles.